The smallest absolute Gasteiger partial charge is 0.321 e. The molecule has 0 bridgehead atoms. The Morgan fingerprint density at radius 3 is 1.25 bits per heavy atom. The highest BCUT2D eigenvalue weighted by Crippen LogP contribution is 2.34. The lowest BCUT2D eigenvalue weighted by molar-refractivity contribution is -0.188. The number of carbonyl (C=O) groups excluding carboxylic acids is 1. The summed E-state index contributed by atoms with van der Waals surface area (Å²) in [6.45, 7) is 15.9. The molecule has 4 aromatic rings. The standard InChI is InChI=1S/C45H60Cl2N2O5Si2/c1-55(2,3)27-25-51-33-53-43-41(29-35-17-9-7-10-18-35)48(31-37-21-13-15-23-39(37)46)45(50)49(32-38-22-14-16-24-40(38)47)42(30-36-19-11-8-12-20-36)44(43)54-34-52-26-28-56(4,5)6/h7-24,41-44H,25-34H2,1-6H3/t41-,42-,43+,44+/m1/s1. The van der Waals surface area contributed by atoms with Crippen molar-refractivity contribution in [2.45, 2.75) is 102 Å². The normalized spacial score (nSPS) is 19.3. The van der Waals surface area contributed by atoms with Crippen LogP contribution in [0.25, 0.3) is 0 Å². The predicted octanol–water partition coefficient (Wildman–Crippen LogP) is 11.0. The van der Waals surface area contributed by atoms with Crippen molar-refractivity contribution in [2.24, 2.45) is 0 Å². The summed E-state index contributed by atoms with van der Waals surface area (Å²) < 4.78 is 26.4. The molecule has 1 aliphatic rings. The molecule has 7 nitrogen and oxygen atoms in total. The van der Waals surface area contributed by atoms with Crippen molar-refractivity contribution in [2.75, 3.05) is 26.8 Å². The van der Waals surface area contributed by atoms with Gasteiger partial charge in [-0.3, -0.25) is 0 Å². The first kappa shape index (κ1) is 44.1. The van der Waals surface area contributed by atoms with E-state index in [1.54, 1.807) is 0 Å². The van der Waals surface area contributed by atoms with Crippen molar-refractivity contribution >= 4 is 45.4 Å². The monoisotopic (exact) mass is 834 g/mol. The topological polar surface area (TPSA) is 60.5 Å². The first-order valence-corrected chi connectivity index (χ1v) is 28.0. The average Bonchev–Trinajstić information content (AvgIpc) is 3.22. The van der Waals surface area contributed by atoms with Crippen molar-refractivity contribution < 1.29 is 23.7 Å². The minimum atomic E-state index is -1.35. The number of halogens is 2. The molecule has 1 saturated heterocycles. The van der Waals surface area contributed by atoms with Crippen LogP contribution in [0.2, 0.25) is 61.4 Å². The van der Waals surface area contributed by atoms with E-state index in [4.69, 9.17) is 42.1 Å². The Hall–Kier alpha value is -3.00. The lowest BCUT2D eigenvalue weighted by Crippen LogP contribution is -2.53. The predicted molar refractivity (Wildman–Crippen MR) is 235 cm³/mol. The number of ether oxygens (including phenoxy) is 4. The van der Waals surface area contributed by atoms with Gasteiger partial charge in [0.25, 0.3) is 0 Å². The first-order chi connectivity index (χ1) is 26.8. The van der Waals surface area contributed by atoms with Crippen LogP contribution >= 0.6 is 23.2 Å². The summed E-state index contributed by atoms with van der Waals surface area (Å²) in [5, 5.41) is 1.19. The summed E-state index contributed by atoms with van der Waals surface area (Å²) in [5.41, 5.74) is 3.84. The van der Waals surface area contributed by atoms with Gasteiger partial charge >= 0.3 is 6.03 Å². The fourth-order valence-corrected chi connectivity index (χ4v) is 8.84. The van der Waals surface area contributed by atoms with Gasteiger partial charge in [-0.25, -0.2) is 4.79 Å². The second kappa shape index (κ2) is 21.1. The van der Waals surface area contributed by atoms with Gasteiger partial charge < -0.3 is 28.7 Å². The maximum absolute atomic E-state index is 15.6. The number of urea groups is 1. The van der Waals surface area contributed by atoms with Gasteiger partial charge in [-0.1, -0.05) is 160 Å². The summed E-state index contributed by atoms with van der Waals surface area (Å²) in [6, 6.07) is 36.9. The van der Waals surface area contributed by atoms with Crippen LogP contribution in [0.5, 0.6) is 0 Å². The van der Waals surface area contributed by atoms with E-state index < -0.39 is 40.4 Å². The second-order valence-corrected chi connectivity index (χ2v) is 29.2. The number of hydrogen-bond donors (Lipinski definition) is 0. The molecule has 0 N–H and O–H groups in total. The van der Waals surface area contributed by atoms with Gasteiger partial charge in [0.1, 0.15) is 25.8 Å². The number of nitrogens with zero attached hydrogens (tertiary/aromatic N) is 2. The Bertz CT molecular complexity index is 1660. The molecule has 4 aromatic carbocycles. The van der Waals surface area contributed by atoms with E-state index in [2.05, 4.69) is 63.5 Å². The van der Waals surface area contributed by atoms with Crippen LogP contribution in [0, 0.1) is 0 Å². The second-order valence-electron chi connectivity index (χ2n) is 17.2. The van der Waals surface area contributed by atoms with Crippen molar-refractivity contribution in [3.05, 3.63) is 141 Å². The number of rotatable bonds is 20. The molecule has 11 heteroatoms. The number of carbonyl (C=O) groups is 1. The van der Waals surface area contributed by atoms with Crippen LogP contribution in [0.15, 0.2) is 109 Å². The molecular weight excluding hydrogens is 776 g/mol. The maximum atomic E-state index is 15.6. The van der Waals surface area contributed by atoms with Crippen LogP contribution in [-0.4, -0.2) is 83.1 Å². The highest BCUT2D eigenvalue weighted by Gasteiger charge is 2.49. The zero-order chi connectivity index (χ0) is 40.1. The minimum Gasteiger partial charge on any atom is -0.356 e. The molecule has 1 aliphatic heterocycles. The van der Waals surface area contributed by atoms with Gasteiger partial charge in [0, 0.05) is 52.5 Å². The molecule has 0 aromatic heterocycles. The van der Waals surface area contributed by atoms with Gasteiger partial charge in [-0.15, -0.1) is 0 Å². The van der Waals surface area contributed by atoms with Crippen molar-refractivity contribution in [1.29, 1.82) is 0 Å². The molecule has 4 atom stereocenters. The number of benzene rings is 4. The van der Waals surface area contributed by atoms with Crippen LogP contribution in [-0.2, 0) is 44.9 Å². The Labute approximate surface area is 347 Å². The van der Waals surface area contributed by atoms with Gasteiger partial charge in [0.2, 0.25) is 0 Å². The Balaban J connectivity index is 1.66. The third-order valence-electron chi connectivity index (χ3n) is 10.2. The first-order valence-electron chi connectivity index (χ1n) is 19.8. The van der Waals surface area contributed by atoms with E-state index in [9.17, 15) is 0 Å². The molecule has 0 saturated carbocycles. The molecule has 302 valence electrons. The third kappa shape index (κ3) is 13.6. The Morgan fingerprint density at radius 1 is 0.536 bits per heavy atom. The Kier molecular flexibility index (Phi) is 16.6. The zero-order valence-electron chi connectivity index (χ0n) is 34.0. The van der Waals surface area contributed by atoms with E-state index in [0.717, 1.165) is 34.3 Å². The fraction of sp³-hybridized carbons (Fsp3) is 0.444. The van der Waals surface area contributed by atoms with Gasteiger partial charge in [0.15, 0.2) is 0 Å². The molecule has 5 rings (SSSR count). The zero-order valence-corrected chi connectivity index (χ0v) is 37.5. The quantitative estimate of drug-likeness (QED) is 0.0504. The molecule has 0 spiro atoms. The lowest BCUT2D eigenvalue weighted by Gasteiger charge is -2.38. The molecule has 2 amide bonds. The molecule has 0 aliphatic carbocycles. The van der Waals surface area contributed by atoms with E-state index in [0.29, 0.717) is 36.1 Å². The van der Waals surface area contributed by atoms with Crippen LogP contribution in [0.1, 0.15) is 22.3 Å². The van der Waals surface area contributed by atoms with E-state index in [1.165, 1.54) is 0 Å². The maximum Gasteiger partial charge on any atom is 0.321 e. The summed E-state index contributed by atoms with van der Waals surface area (Å²) >= 11 is 13.7. The van der Waals surface area contributed by atoms with Gasteiger partial charge in [-0.05, 0) is 59.3 Å². The van der Waals surface area contributed by atoms with Crippen molar-refractivity contribution in [3.63, 3.8) is 0 Å². The largest absolute Gasteiger partial charge is 0.356 e. The van der Waals surface area contributed by atoms with Crippen LogP contribution < -0.4 is 0 Å². The summed E-state index contributed by atoms with van der Waals surface area (Å²) in [4.78, 5) is 19.5. The highest BCUT2D eigenvalue weighted by atomic mass is 35.5. The minimum absolute atomic E-state index is 0.0630. The fourth-order valence-electron chi connectivity index (χ4n) is 6.93. The SMILES string of the molecule is C[Si](C)(C)CCOCO[C@@H]1[C@@H](OCOCC[Si](C)(C)C)[C@@H](Cc2ccccc2)N(Cc2ccccc2Cl)C(=O)N(Cc2ccccc2Cl)[C@@H]1Cc1ccccc1. The van der Waals surface area contributed by atoms with Crippen LogP contribution in [0.3, 0.4) is 0 Å². The number of hydrogen-bond acceptors (Lipinski definition) is 5. The van der Waals surface area contributed by atoms with Gasteiger partial charge in [0.05, 0.1) is 12.1 Å². The summed E-state index contributed by atoms with van der Waals surface area (Å²) in [7, 11) is -2.70. The van der Waals surface area contributed by atoms with E-state index in [-0.39, 0.29) is 32.7 Å². The highest BCUT2D eigenvalue weighted by molar-refractivity contribution is 6.76. The Morgan fingerprint density at radius 2 is 0.893 bits per heavy atom. The molecule has 1 heterocycles. The third-order valence-corrected chi connectivity index (χ3v) is 14.4. The van der Waals surface area contributed by atoms with Crippen molar-refractivity contribution in [3.8, 4) is 0 Å². The number of amides is 2. The molecule has 1 fully saturated rings. The summed E-state index contributed by atoms with van der Waals surface area (Å²) in [6.07, 6.45) is -0.186. The van der Waals surface area contributed by atoms with Gasteiger partial charge in [-0.2, -0.15) is 0 Å². The van der Waals surface area contributed by atoms with E-state index in [1.807, 2.05) is 94.7 Å². The average molecular weight is 836 g/mol. The van der Waals surface area contributed by atoms with Crippen LogP contribution in [0.4, 0.5) is 4.79 Å². The lowest BCUT2D eigenvalue weighted by atomic mass is 9.90. The van der Waals surface area contributed by atoms with E-state index >= 15 is 4.79 Å². The molecular formula is C45H60Cl2N2O5Si2. The molecule has 0 radical (unpaired) electrons. The molecule has 0 unspecified atom stereocenters. The molecule has 56 heavy (non-hydrogen) atoms. The van der Waals surface area contributed by atoms with Crippen molar-refractivity contribution in [1.82, 2.24) is 9.80 Å². The summed E-state index contributed by atoms with van der Waals surface area (Å²) in [5.74, 6) is 0.